The van der Waals surface area contributed by atoms with E-state index in [4.69, 9.17) is 0 Å². The van der Waals surface area contributed by atoms with E-state index in [-0.39, 0.29) is 17.4 Å². The minimum Gasteiger partial charge on any atom is -0.347 e. The summed E-state index contributed by atoms with van der Waals surface area (Å²) in [6, 6.07) is 15.0. The maximum absolute atomic E-state index is 12.6. The van der Waals surface area contributed by atoms with Crippen LogP contribution in [0.5, 0.6) is 0 Å². The highest BCUT2D eigenvalue weighted by atomic mass is 16.2. The number of hydrogen-bond donors (Lipinski definition) is 2. The number of nitrogens with one attached hydrogen (secondary N) is 2. The van der Waals surface area contributed by atoms with E-state index in [9.17, 15) is 9.59 Å². The molecule has 3 rings (SSSR count). The Labute approximate surface area is 167 Å². The highest BCUT2D eigenvalue weighted by molar-refractivity contribution is 6.05. The van der Waals surface area contributed by atoms with Gasteiger partial charge in [-0.3, -0.25) is 9.59 Å². The van der Waals surface area contributed by atoms with E-state index in [1.54, 1.807) is 24.3 Å². The fourth-order valence-corrected chi connectivity index (χ4v) is 3.70. The summed E-state index contributed by atoms with van der Waals surface area (Å²) in [4.78, 5) is 24.9. The van der Waals surface area contributed by atoms with E-state index in [1.165, 1.54) is 37.7 Å². The third-order valence-electron chi connectivity index (χ3n) is 5.12. The second-order valence-electron chi connectivity index (χ2n) is 8.70. The topological polar surface area (TPSA) is 58.2 Å². The van der Waals surface area contributed by atoms with Gasteiger partial charge in [0.1, 0.15) is 0 Å². The van der Waals surface area contributed by atoms with Crippen molar-refractivity contribution in [1.29, 1.82) is 0 Å². The summed E-state index contributed by atoms with van der Waals surface area (Å²) < 4.78 is 0. The second-order valence-corrected chi connectivity index (χ2v) is 8.70. The van der Waals surface area contributed by atoms with Crippen LogP contribution in [-0.4, -0.2) is 17.4 Å². The molecule has 2 amide bonds. The molecule has 0 radical (unpaired) electrons. The average molecular weight is 379 g/mol. The molecule has 2 aromatic carbocycles. The molecule has 0 bridgehead atoms. The van der Waals surface area contributed by atoms with Gasteiger partial charge in [0.15, 0.2) is 0 Å². The lowest BCUT2D eigenvalue weighted by Crippen LogP contribution is -2.40. The maximum atomic E-state index is 12.6. The molecule has 4 nitrogen and oxygen atoms in total. The SMILES string of the molecule is CC(C)(C)NC(=O)c1cccc(NC(=O)c2ccc(C3CCCCC3)cc2)c1. The van der Waals surface area contributed by atoms with Gasteiger partial charge in [0, 0.05) is 22.4 Å². The van der Waals surface area contributed by atoms with Gasteiger partial charge in [0.2, 0.25) is 0 Å². The number of anilines is 1. The quantitative estimate of drug-likeness (QED) is 0.736. The van der Waals surface area contributed by atoms with Crippen molar-refractivity contribution in [3.63, 3.8) is 0 Å². The zero-order valence-electron chi connectivity index (χ0n) is 17.0. The lowest BCUT2D eigenvalue weighted by molar-refractivity contribution is 0.0918. The number of hydrogen-bond acceptors (Lipinski definition) is 2. The molecule has 0 spiro atoms. The van der Waals surface area contributed by atoms with E-state index in [0.29, 0.717) is 22.7 Å². The lowest BCUT2D eigenvalue weighted by atomic mass is 9.84. The predicted molar refractivity (Wildman–Crippen MR) is 114 cm³/mol. The Morgan fingerprint density at radius 3 is 2.18 bits per heavy atom. The molecule has 1 aliphatic rings. The molecule has 2 N–H and O–H groups in total. The molecule has 0 atom stereocenters. The molecule has 148 valence electrons. The van der Waals surface area contributed by atoms with Gasteiger partial charge in [-0.1, -0.05) is 37.5 Å². The smallest absolute Gasteiger partial charge is 0.255 e. The molecule has 0 aliphatic heterocycles. The third-order valence-corrected chi connectivity index (χ3v) is 5.12. The Bertz CT molecular complexity index is 828. The Balaban J connectivity index is 1.66. The molecule has 1 fully saturated rings. The molecular formula is C24H30N2O2. The second kappa shape index (κ2) is 8.59. The van der Waals surface area contributed by atoms with Gasteiger partial charge in [0.05, 0.1) is 0 Å². The zero-order chi connectivity index (χ0) is 20.1. The number of amides is 2. The highest BCUT2D eigenvalue weighted by Crippen LogP contribution is 2.32. The van der Waals surface area contributed by atoms with Gasteiger partial charge in [-0.05, 0) is 75.4 Å². The van der Waals surface area contributed by atoms with Gasteiger partial charge >= 0.3 is 0 Å². The summed E-state index contributed by atoms with van der Waals surface area (Å²) in [6.45, 7) is 5.81. The standard InChI is InChI=1S/C24H30N2O2/c1-24(2,3)26-23(28)20-10-7-11-21(16-20)25-22(27)19-14-12-18(13-15-19)17-8-5-4-6-9-17/h7,10-17H,4-6,8-9H2,1-3H3,(H,25,27)(H,26,28). The van der Waals surface area contributed by atoms with Crippen molar-refractivity contribution in [2.75, 3.05) is 5.32 Å². The van der Waals surface area contributed by atoms with Crippen LogP contribution in [0.4, 0.5) is 5.69 Å². The molecule has 0 unspecified atom stereocenters. The van der Waals surface area contributed by atoms with Crippen LogP contribution in [0, 0.1) is 0 Å². The van der Waals surface area contributed by atoms with Crippen molar-refractivity contribution in [2.24, 2.45) is 0 Å². The van der Waals surface area contributed by atoms with Crippen LogP contribution in [0.2, 0.25) is 0 Å². The fraction of sp³-hybridized carbons (Fsp3) is 0.417. The normalized spacial score (nSPS) is 15.1. The van der Waals surface area contributed by atoms with Crippen molar-refractivity contribution in [3.8, 4) is 0 Å². The largest absolute Gasteiger partial charge is 0.347 e. The molecule has 1 saturated carbocycles. The number of benzene rings is 2. The molecule has 4 heteroatoms. The number of carbonyl (C=O) groups is 2. The van der Waals surface area contributed by atoms with Gasteiger partial charge in [-0.15, -0.1) is 0 Å². The predicted octanol–water partition coefficient (Wildman–Crippen LogP) is 5.51. The summed E-state index contributed by atoms with van der Waals surface area (Å²) >= 11 is 0. The average Bonchev–Trinajstić information content (AvgIpc) is 2.68. The first kappa shape index (κ1) is 20.1. The Morgan fingerprint density at radius 1 is 0.857 bits per heavy atom. The van der Waals surface area contributed by atoms with Crippen LogP contribution in [0.3, 0.4) is 0 Å². The highest BCUT2D eigenvalue weighted by Gasteiger charge is 2.17. The molecule has 1 aliphatic carbocycles. The minimum absolute atomic E-state index is 0.152. The Hall–Kier alpha value is -2.62. The van der Waals surface area contributed by atoms with Crippen LogP contribution < -0.4 is 10.6 Å². The van der Waals surface area contributed by atoms with Crippen LogP contribution >= 0.6 is 0 Å². The van der Waals surface area contributed by atoms with Gasteiger partial charge < -0.3 is 10.6 Å². The van der Waals surface area contributed by atoms with Crippen molar-refractivity contribution in [1.82, 2.24) is 5.32 Å². The first-order valence-corrected chi connectivity index (χ1v) is 10.2. The van der Waals surface area contributed by atoms with E-state index in [1.807, 2.05) is 32.9 Å². The third kappa shape index (κ3) is 5.44. The van der Waals surface area contributed by atoms with Crippen LogP contribution in [-0.2, 0) is 0 Å². The summed E-state index contributed by atoms with van der Waals surface area (Å²) in [5, 5.41) is 5.83. The lowest BCUT2D eigenvalue weighted by Gasteiger charge is -2.22. The van der Waals surface area contributed by atoms with E-state index < -0.39 is 0 Å². The summed E-state index contributed by atoms with van der Waals surface area (Å²) in [5.74, 6) is 0.313. The van der Waals surface area contributed by atoms with E-state index >= 15 is 0 Å². The summed E-state index contributed by atoms with van der Waals surface area (Å²) in [7, 11) is 0. The van der Waals surface area contributed by atoms with Crippen molar-refractivity contribution in [2.45, 2.75) is 64.3 Å². The van der Waals surface area contributed by atoms with Gasteiger partial charge in [-0.2, -0.15) is 0 Å². The van der Waals surface area contributed by atoms with Crippen molar-refractivity contribution in [3.05, 3.63) is 65.2 Å². The zero-order valence-corrected chi connectivity index (χ0v) is 17.0. The molecule has 0 heterocycles. The fourth-order valence-electron chi connectivity index (χ4n) is 3.70. The van der Waals surface area contributed by atoms with Crippen LogP contribution in [0.1, 0.15) is 85.1 Å². The van der Waals surface area contributed by atoms with Crippen molar-refractivity contribution >= 4 is 17.5 Å². The monoisotopic (exact) mass is 378 g/mol. The van der Waals surface area contributed by atoms with Gasteiger partial charge in [-0.25, -0.2) is 0 Å². The van der Waals surface area contributed by atoms with E-state index in [0.717, 1.165) is 0 Å². The molecule has 0 saturated heterocycles. The molecule has 2 aromatic rings. The van der Waals surface area contributed by atoms with Crippen molar-refractivity contribution < 1.29 is 9.59 Å². The first-order chi connectivity index (χ1) is 13.3. The number of rotatable bonds is 4. The van der Waals surface area contributed by atoms with Crippen LogP contribution in [0.25, 0.3) is 0 Å². The Morgan fingerprint density at radius 2 is 1.54 bits per heavy atom. The molecule has 28 heavy (non-hydrogen) atoms. The van der Waals surface area contributed by atoms with E-state index in [2.05, 4.69) is 22.8 Å². The minimum atomic E-state index is -0.309. The first-order valence-electron chi connectivity index (χ1n) is 10.2. The molecule has 0 aromatic heterocycles. The summed E-state index contributed by atoms with van der Waals surface area (Å²) in [5.41, 5.74) is 2.79. The Kier molecular flexibility index (Phi) is 6.18. The summed E-state index contributed by atoms with van der Waals surface area (Å²) in [6.07, 6.45) is 6.42. The number of carbonyl (C=O) groups excluding carboxylic acids is 2. The maximum Gasteiger partial charge on any atom is 0.255 e. The molecular weight excluding hydrogens is 348 g/mol. The van der Waals surface area contributed by atoms with Gasteiger partial charge in [0.25, 0.3) is 11.8 Å². The van der Waals surface area contributed by atoms with Crippen LogP contribution in [0.15, 0.2) is 48.5 Å².